The number of aromatic hydroxyl groups is 1. The molecule has 0 unspecified atom stereocenters. The fourth-order valence-electron chi connectivity index (χ4n) is 2.82. The van der Waals surface area contributed by atoms with Gasteiger partial charge in [-0.2, -0.15) is 5.10 Å². The Hall–Kier alpha value is -3.37. The zero-order valence-corrected chi connectivity index (χ0v) is 20.1. The number of phenolic OH excluding ortho intramolecular Hbond substituents is 1. The van der Waals surface area contributed by atoms with Crippen molar-refractivity contribution in [1.29, 1.82) is 0 Å². The van der Waals surface area contributed by atoms with Crippen molar-refractivity contribution in [2.75, 3.05) is 0 Å². The third kappa shape index (κ3) is 7.89. The van der Waals surface area contributed by atoms with Gasteiger partial charge in [-0.1, -0.05) is 37.0 Å². The molecule has 0 heterocycles. The second-order valence-corrected chi connectivity index (χ2v) is 8.61. The molecule has 3 N–H and O–H groups in total. The van der Waals surface area contributed by atoms with Crippen LogP contribution in [0.3, 0.4) is 0 Å². The molecular formula is C22H24Cl2N4O6. The molecule has 2 atom stereocenters. The Morgan fingerprint density at radius 1 is 1.18 bits per heavy atom. The summed E-state index contributed by atoms with van der Waals surface area (Å²) in [6.07, 6.45) is 0.557. The maximum Gasteiger partial charge on any atom is 0.311 e. The minimum Gasteiger partial charge on any atom is -0.502 e. The molecule has 0 aliphatic heterocycles. The minimum atomic E-state index is -0.956. The van der Waals surface area contributed by atoms with E-state index in [0.717, 1.165) is 12.1 Å². The highest BCUT2D eigenvalue weighted by atomic mass is 35.5. The van der Waals surface area contributed by atoms with Gasteiger partial charge in [-0.15, -0.1) is 0 Å². The molecule has 0 aromatic heterocycles. The quantitative estimate of drug-likeness (QED) is 0.249. The van der Waals surface area contributed by atoms with Gasteiger partial charge >= 0.3 is 5.69 Å². The molecule has 12 heteroatoms. The number of halogens is 2. The molecular weight excluding hydrogens is 487 g/mol. The molecule has 0 aliphatic rings. The van der Waals surface area contributed by atoms with Gasteiger partial charge in [0.05, 0.1) is 16.2 Å². The van der Waals surface area contributed by atoms with Crippen LogP contribution in [0, 0.1) is 16.0 Å². The minimum absolute atomic E-state index is 0.0710. The Morgan fingerprint density at radius 3 is 2.50 bits per heavy atom. The van der Waals surface area contributed by atoms with E-state index in [2.05, 4.69) is 15.8 Å². The molecule has 2 aromatic carbocycles. The smallest absolute Gasteiger partial charge is 0.311 e. The standard InChI is InChI=1S/C22H24Cl2N4O6/c1-12(2)8-17(26-21(30)13(3)34-20-7-5-15(23)10-16(20)24)22(31)27-25-11-14-4-6-19(29)18(9-14)28(32)33/h4-7,9-13,17,29H,8H2,1-3H3,(H,26,30)(H,27,31)/b25-11-/t13-,17-/m0/s1. The van der Waals surface area contributed by atoms with Crippen molar-refractivity contribution in [1.82, 2.24) is 10.7 Å². The Bertz CT molecular complexity index is 1090. The largest absolute Gasteiger partial charge is 0.502 e. The summed E-state index contributed by atoms with van der Waals surface area (Å²) >= 11 is 11.9. The third-order valence-corrected chi connectivity index (χ3v) is 5.02. The van der Waals surface area contributed by atoms with Crippen molar-refractivity contribution in [3.8, 4) is 11.5 Å². The molecule has 2 aromatic rings. The maximum absolute atomic E-state index is 12.6. The Morgan fingerprint density at radius 2 is 1.88 bits per heavy atom. The molecule has 2 amide bonds. The number of rotatable bonds is 10. The Balaban J connectivity index is 2.04. The SMILES string of the molecule is CC(C)C[C@H](NC(=O)[C@H](C)Oc1ccc(Cl)cc1Cl)C(=O)N/N=C\c1ccc(O)c([N+](=O)[O-])c1. The number of hydrazone groups is 1. The average Bonchev–Trinajstić information content (AvgIpc) is 2.75. The van der Waals surface area contributed by atoms with E-state index >= 15 is 0 Å². The van der Waals surface area contributed by atoms with Crippen LogP contribution >= 0.6 is 23.2 Å². The normalized spacial score (nSPS) is 12.9. The summed E-state index contributed by atoms with van der Waals surface area (Å²) in [6.45, 7) is 5.29. The molecule has 182 valence electrons. The highest BCUT2D eigenvalue weighted by molar-refractivity contribution is 6.35. The van der Waals surface area contributed by atoms with E-state index in [9.17, 15) is 24.8 Å². The molecule has 0 radical (unpaired) electrons. The van der Waals surface area contributed by atoms with Crippen LogP contribution in [0.15, 0.2) is 41.5 Å². The van der Waals surface area contributed by atoms with Crippen LogP contribution in [0.25, 0.3) is 0 Å². The van der Waals surface area contributed by atoms with E-state index in [1.165, 1.54) is 31.3 Å². The van der Waals surface area contributed by atoms with Gasteiger partial charge in [0.25, 0.3) is 11.8 Å². The average molecular weight is 511 g/mol. The Kier molecular flexibility index (Phi) is 9.64. The van der Waals surface area contributed by atoms with Crippen LogP contribution in [-0.4, -0.2) is 40.2 Å². The van der Waals surface area contributed by atoms with Gasteiger partial charge in [-0.3, -0.25) is 19.7 Å². The number of nitro benzene ring substituents is 1. The van der Waals surface area contributed by atoms with E-state index in [1.807, 2.05) is 13.8 Å². The first-order chi connectivity index (χ1) is 16.0. The number of carbonyl (C=O) groups excluding carboxylic acids is 2. The second kappa shape index (κ2) is 12.2. The van der Waals surface area contributed by atoms with Gasteiger partial charge in [0.2, 0.25) is 0 Å². The lowest BCUT2D eigenvalue weighted by Crippen LogP contribution is -2.49. The van der Waals surface area contributed by atoms with Crippen molar-refractivity contribution in [3.05, 3.63) is 62.1 Å². The molecule has 0 fully saturated rings. The number of nitrogens with zero attached hydrogens (tertiary/aromatic N) is 2. The topological polar surface area (TPSA) is 143 Å². The van der Waals surface area contributed by atoms with E-state index in [1.54, 1.807) is 6.07 Å². The van der Waals surface area contributed by atoms with Crippen molar-refractivity contribution in [3.63, 3.8) is 0 Å². The third-order valence-electron chi connectivity index (χ3n) is 4.49. The van der Waals surface area contributed by atoms with Gasteiger partial charge in [0.1, 0.15) is 11.8 Å². The van der Waals surface area contributed by atoms with Crippen LogP contribution in [0.1, 0.15) is 32.8 Å². The van der Waals surface area contributed by atoms with Crippen LogP contribution in [0.5, 0.6) is 11.5 Å². The number of carbonyl (C=O) groups is 2. The predicted octanol–water partition coefficient (Wildman–Crippen LogP) is 4.06. The lowest BCUT2D eigenvalue weighted by Gasteiger charge is -2.22. The zero-order chi connectivity index (χ0) is 25.4. The van der Waals surface area contributed by atoms with Gasteiger partial charge in [-0.05, 0) is 49.6 Å². The van der Waals surface area contributed by atoms with E-state index in [0.29, 0.717) is 11.4 Å². The summed E-state index contributed by atoms with van der Waals surface area (Å²) in [6, 6.07) is 7.34. The summed E-state index contributed by atoms with van der Waals surface area (Å²) in [7, 11) is 0. The molecule has 10 nitrogen and oxygen atoms in total. The van der Waals surface area contributed by atoms with Crippen molar-refractivity contribution < 1.29 is 24.4 Å². The van der Waals surface area contributed by atoms with E-state index in [4.69, 9.17) is 27.9 Å². The fraction of sp³-hybridized carbons (Fsp3) is 0.318. The van der Waals surface area contributed by atoms with E-state index < -0.39 is 40.3 Å². The second-order valence-electron chi connectivity index (χ2n) is 7.77. The molecule has 34 heavy (non-hydrogen) atoms. The van der Waals surface area contributed by atoms with Gasteiger partial charge in [-0.25, -0.2) is 5.43 Å². The van der Waals surface area contributed by atoms with Crippen molar-refractivity contribution >= 4 is 46.9 Å². The van der Waals surface area contributed by atoms with Crippen LogP contribution in [-0.2, 0) is 9.59 Å². The van der Waals surface area contributed by atoms with Crippen LogP contribution in [0.4, 0.5) is 5.69 Å². The monoisotopic (exact) mass is 510 g/mol. The highest BCUT2D eigenvalue weighted by Crippen LogP contribution is 2.28. The summed E-state index contributed by atoms with van der Waals surface area (Å²) < 4.78 is 5.59. The van der Waals surface area contributed by atoms with Gasteiger partial charge in [0.15, 0.2) is 11.9 Å². The lowest BCUT2D eigenvalue weighted by molar-refractivity contribution is -0.385. The summed E-state index contributed by atoms with van der Waals surface area (Å²) in [5.74, 6) is -1.26. The molecule has 0 aliphatic carbocycles. The number of nitrogens with one attached hydrogen (secondary N) is 2. The summed E-state index contributed by atoms with van der Waals surface area (Å²) in [4.78, 5) is 35.5. The molecule has 0 saturated carbocycles. The predicted molar refractivity (Wildman–Crippen MR) is 128 cm³/mol. The number of benzene rings is 2. The lowest BCUT2D eigenvalue weighted by atomic mass is 10.0. The maximum atomic E-state index is 12.6. The number of hydrogen-bond donors (Lipinski definition) is 3. The van der Waals surface area contributed by atoms with Crippen molar-refractivity contribution in [2.45, 2.75) is 39.3 Å². The number of phenols is 1. The highest BCUT2D eigenvalue weighted by Gasteiger charge is 2.25. The number of amides is 2. The van der Waals surface area contributed by atoms with E-state index in [-0.39, 0.29) is 22.3 Å². The fourth-order valence-corrected chi connectivity index (χ4v) is 3.28. The molecule has 0 spiro atoms. The van der Waals surface area contributed by atoms with Crippen molar-refractivity contribution in [2.24, 2.45) is 11.0 Å². The van der Waals surface area contributed by atoms with Crippen LogP contribution < -0.4 is 15.5 Å². The van der Waals surface area contributed by atoms with Gasteiger partial charge < -0.3 is 15.2 Å². The first-order valence-corrected chi connectivity index (χ1v) is 11.0. The number of nitro groups is 1. The summed E-state index contributed by atoms with van der Waals surface area (Å²) in [5, 5.41) is 27.5. The molecule has 0 saturated heterocycles. The number of ether oxygens (including phenoxy) is 1. The molecule has 2 rings (SSSR count). The number of hydrogen-bond acceptors (Lipinski definition) is 7. The zero-order valence-electron chi connectivity index (χ0n) is 18.6. The Labute approximate surface area is 206 Å². The first-order valence-electron chi connectivity index (χ1n) is 10.2. The summed E-state index contributed by atoms with van der Waals surface area (Å²) in [5.41, 5.74) is 2.11. The van der Waals surface area contributed by atoms with Gasteiger partial charge in [0, 0.05) is 16.7 Å². The molecule has 0 bridgehead atoms. The first kappa shape index (κ1) is 26.9. The van der Waals surface area contributed by atoms with Crippen LogP contribution in [0.2, 0.25) is 10.0 Å².